The van der Waals surface area contributed by atoms with Crippen molar-refractivity contribution in [2.75, 3.05) is 6.54 Å². The summed E-state index contributed by atoms with van der Waals surface area (Å²) in [5.41, 5.74) is 1.00. The fourth-order valence-electron chi connectivity index (χ4n) is 1.54. The molecule has 102 valence electrons. The van der Waals surface area contributed by atoms with Crippen LogP contribution in [0, 0.1) is 5.92 Å². The summed E-state index contributed by atoms with van der Waals surface area (Å²) in [6.45, 7) is 6.11. The van der Waals surface area contributed by atoms with E-state index in [1.165, 1.54) is 0 Å². The monoisotopic (exact) mass is 359 g/mol. The summed E-state index contributed by atoms with van der Waals surface area (Å²) in [5, 5.41) is 14.3. The van der Waals surface area contributed by atoms with Crippen molar-refractivity contribution in [3.05, 3.63) is 32.7 Å². The molecule has 0 radical (unpaired) electrons. The predicted octanol–water partition coefficient (Wildman–Crippen LogP) is 4.37. The third-order valence-electron chi connectivity index (χ3n) is 2.46. The van der Waals surface area contributed by atoms with Gasteiger partial charge in [0, 0.05) is 16.6 Å². The maximum absolute atomic E-state index is 6.09. The van der Waals surface area contributed by atoms with Gasteiger partial charge in [-0.25, -0.2) is 0 Å². The minimum Gasteiger partial charge on any atom is -0.310 e. The van der Waals surface area contributed by atoms with E-state index in [1.54, 1.807) is 11.3 Å². The van der Waals surface area contributed by atoms with Crippen LogP contribution in [0.5, 0.6) is 0 Å². The minimum absolute atomic E-state index is 0.637. The second kappa shape index (κ2) is 6.79. The van der Waals surface area contributed by atoms with E-state index in [0.29, 0.717) is 10.9 Å². The molecule has 0 atom stereocenters. The Hall–Kier alpha value is -0.490. The minimum atomic E-state index is 0.637. The lowest BCUT2D eigenvalue weighted by molar-refractivity contribution is 0.550. The van der Waals surface area contributed by atoms with Gasteiger partial charge in [-0.3, -0.25) is 0 Å². The first kappa shape index (κ1) is 14.9. The van der Waals surface area contributed by atoms with Crippen LogP contribution in [0.25, 0.3) is 10.6 Å². The standard InChI is InChI=1S/C13H15BrClN3S/c1-8(2)6-16-7-12-17-18-13(19-12)9-3-4-10(14)11(15)5-9/h3-5,8,16H,6-7H2,1-2H3. The third-order valence-corrected chi connectivity index (χ3v) is 4.67. The van der Waals surface area contributed by atoms with Crippen molar-refractivity contribution < 1.29 is 0 Å². The summed E-state index contributed by atoms with van der Waals surface area (Å²) >= 11 is 11.1. The van der Waals surface area contributed by atoms with Gasteiger partial charge < -0.3 is 5.32 Å². The number of hydrogen-bond donors (Lipinski definition) is 1. The Balaban J connectivity index is 2.05. The lowest BCUT2D eigenvalue weighted by Crippen LogP contribution is -2.18. The molecule has 0 saturated carbocycles. The van der Waals surface area contributed by atoms with Gasteiger partial charge in [0.05, 0.1) is 5.02 Å². The number of aromatic nitrogens is 2. The van der Waals surface area contributed by atoms with Crippen molar-refractivity contribution in [1.82, 2.24) is 15.5 Å². The van der Waals surface area contributed by atoms with Crippen LogP contribution in [0.15, 0.2) is 22.7 Å². The molecule has 3 nitrogen and oxygen atoms in total. The zero-order valence-electron chi connectivity index (χ0n) is 10.8. The first-order chi connectivity index (χ1) is 9.06. The van der Waals surface area contributed by atoms with Crippen molar-refractivity contribution in [2.24, 2.45) is 5.92 Å². The summed E-state index contributed by atoms with van der Waals surface area (Å²) in [7, 11) is 0. The van der Waals surface area contributed by atoms with Gasteiger partial charge in [0.2, 0.25) is 0 Å². The zero-order chi connectivity index (χ0) is 13.8. The van der Waals surface area contributed by atoms with Crippen LogP contribution in [-0.4, -0.2) is 16.7 Å². The smallest absolute Gasteiger partial charge is 0.147 e. The van der Waals surface area contributed by atoms with Crippen LogP contribution in [0.1, 0.15) is 18.9 Å². The second-order valence-corrected chi connectivity index (χ2v) is 6.98. The van der Waals surface area contributed by atoms with Crippen molar-refractivity contribution in [3.8, 4) is 10.6 Å². The molecule has 0 aliphatic rings. The number of rotatable bonds is 5. The van der Waals surface area contributed by atoms with E-state index in [2.05, 4.69) is 45.3 Å². The van der Waals surface area contributed by atoms with E-state index in [0.717, 1.165) is 33.1 Å². The summed E-state index contributed by atoms with van der Waals surface area (Å²) in [6.07, 6.45) is 0. The molecule has 1 N–H and O–H groups in total. The molecule has 0 bridgehead atoms. The molecule has 0 unspecified atom stereocenters. The van der Waals surface area contributed by atoms with E-state index < -0.39 is 0 Å². The number of benzene rings is 1. The zero-order valence-corrected chi connectivity index (χ0v) is 13.9. The van der Waals surface area contributed by atoms with Crippen LogP contribution < -0.4 is 5.32 Å². The van der Waals surface area contributed by atoms with E-state index in [4.69, 9.17) is 11.6 Å². The highest BCUT2D eigenvalue weighted by Crippen LogP contribution is 2.30. The van der Waals surface area contributed by atoms with Crippen molar-refractivity contribution >= 4 is 38.9 Å². The fourth-order valence-corrected chi connectivity index (χ4v) is 2.77. The maximum Gasteiger partial charge on any atom is 0.147 e. The van der Waals surface area contributed by atoms with Gasteiger partial charge in [0.15, 0.2) is 0 Å². The van der Waals surface area contributed by atoms with Crippen LogP contribution in [0.2, 0.25) is 5.02 Å². The summed E-state index contributed by atoms with van der Waals surface area (Å²) in [5.74, 6) is 0.637. The highest BCUT2D eigenvalue weighted by Gasteiger charge is 2.08. The number of nitrogens with zero attached hydrogens (tertiary/aromatic N) is 2. The number of nitrogens with one attached hydrogen (secondary N) is 1. The SMILES string of the molecule is CC(C)CNCc1nnc(-c2ccc(Br)c(Cl)c2)s1. The van der Waals surface area contributed by atoms with Gasteiger partial charge >= 0.3 is 0 Å². The molecule has 2 rings (SSSR count). The average molecular weight is 361 g/mol. The van der Waals surface area contributed by atoms with Crippen LogP contribution in [0.4, 0.5) is 0 Å². The third kappa shape index (κ3) is 4.24. The Morgan fingerprint density at radius 3 is 2.84 bits per heavy atom. The van der Waals surface area contributed by atoms with Gasteiger partial charge in [-0.1, -0.05) is 42.9 Å². The number of halogens is 2. The lowest BCUT2D eigenvalue weighted by atomic mass is 10.2. The molecule has 2 aromatic rings. The Bertz CT molecular complexity index is 557. The molecule has 0 amide bonds. The lowest BCUT2D eigenvalue weighted by Gasteiger charge is -2.04. The Kier molecular flexibility index (Phi) is 5.33. The first-order valence-electron chi connectivity index (χ1n) is 6.05. The quantitative estimate of drug-likeness (QED) is 0.860. The van der Waals surface area contributed by atoms with E-state index in [1.807, 2.05) is 18.2 Å². The largest absolute Gasteiger partial charge is 0.310 e. The summed E-state index contributed by atoms with van der Waals surface area (Å²) in [6, 6.07) is 5.81. The molecule has 1 heterocycles. The van der Waals surface area contributed by atoms with Gasteiger partial charge in [-0.15, -0.1) is 10.2 Å². The molecule has 6 heteroatoms. The molecule has 1 aromatic heterocycles. The summed E-state index contributed by atoms with van der Waals surface area (Å²) < 4.78 is 0.890. The van der Waals surface area contributed by atoms with Gasteiger partial charge in [0.25, 0.3) is 0 Å². The molecule has 0 spiro atoms. The highest BCUT2D eigenvalue weighted by atomic mass is 79.9. The van der Waals surface area contributed by atoms with E-state index >= 15 is 0 Å². The van der Waals surface area contributed by atoms with Crippen LogP contribution in [0.3, 0.4) is 0 Å². The number of hydrogen-bond acceptors (Lipinski definition) is 4. The first-order valence-corrected chi connectivity index (χ1v) is 8.03. The Labute approximate surface area is 130 Å². The maximum atomic E-state index is 6.09. The van der Waals surface area contributed by atoms with Crippen molar-refractivity contribution in [2.45, 2.75) is 20.4 Å². The van der Waals surface area contributed by atoms with Crippen molar-refractivity contribution in [3.63, 3.8) is 0 Å². The molecule has 19 heavy (non-hydrogen) atoms. The Morgan fingerprint density at radius 1 is 1.37 bits per heavy atom. The molecule has 0 saturated heterocycles. The molecule has 0 fully saturated rings. The molecule has 0 aliphatic heterocycles. The fraction of sp³-hybridized carbons (Fsp3) is 0.385. The normalized spacial score (nSPS) is 11.2. The second-order valence-electron chi connectivity index (χ2n) is 4.65. The highest BCUT2D eigenvalue weighted by molar-refractivity contribution is 9.10. The van der Waals surface area contributed by atoms with Gasteiger partial charge in [-0.05, 0) is 40.5 Å². The van der Waals surface area contributed by atoms with Crippen LogP contribution in [-0.2, 0) is 6.54 Å². The molecule has 0 aliphatic carbocycles. The van der Waals surface area contributed by atoms with E-state index in [9.17, 15) is 0 Å². The molecule has 1 aromatic carbocycles. The average Bonchev–Trinajstić information content (AvgIpc) is 2.81. The Morgan fingerprint density at radius 2 is 2.16 bits per heavy atom. The van der Waals surface area contributed by atoms with E-state index in [-0.39, 0.29) is 0 Å². The molecular weight excluding hydrogens is 346 g/mol. The van der Waals surface area contributed by atoms with Gasteiger partial charge in [-0.2, -0.15) is 0 Å². The molecular formula is C13H15BrClN3S. The van der Waals surface area contributed by atoms with Gasteiger partial charge in [0.1, 0.15) is 10.0 Å². The van der Waals surface area contributed by atoms with Crippen LogP contribution >= 0.6 is 38.9 Å². The van der Waals surface area contributed by atoms with Crippen molar-refractivity contribution in [1.29, 1.82) is 0 Å². The predicted molar refractivity (Wildman–Crippen MR) is 84.6 cm³/mol. The summed E-state index contributed by atoms with van der Waals surface area (Å²) in [4.78, 5) is 0. The topological polar surface area (TPSA) is 37.8 Å².